The molecule has 0 bridgehead atoms. The van der Waals surface area contributed by atoms with Crippen LogP contribution in [-0.4, -0.2) is 30.6 Å². The number of rotatable bonds is 3. The first kappa shape index (κ1) is 11.9. The van der Waals surface area contributed by atoms with Gasteiger partial charge in [-0.1, -0.05) is 18.2 Å². The van der Waals surface area contributed by atoms with Gasteiger partial charge in [0, 0.05) is 31.6 Å². The van der Waals surface area contributed by atoms with Crippen molar-refractivity contribution in [1.29, 1.82) is 0 Å². The standard InChI is InChI=1S/C12H15FN2O2/c13-10-4-2-1-3-9(10)11-5-7-15(8-6-14)12(16)17-11/h1-4,11H,5-8,14H2. The molecule has 1 aromatic carbocycles. The molecule has 0 radical (unpaired) electrons. The van der Waals surface area contributed by atoms with Gasteiger partial charge < -0.3 is 15.4 Å². The molecule has 0 aliphatic carbocycles. The van der Waals surface area contributed by atoms with Crippen LogP contribution in [0.4, 0.5) is 9.18 Å². The van der Waals surface area contributed by atoms with Crippen molar-refractivity contribution < 1.29 is 13.9 Å². The molecule has 4 nitrogen and oxygen atoms in total. The Morgan fingerprint density at radius 3 is 2.88 bits per heavy atom. The van der Waals surface area contributed by atoms with Crippen molar-refractivity contribution in [3.63, 3.8) is 0 Å². The van der Waals surface area contributed by atoms with Gasteiger partial charge >= 0.3 is 6.09 Å². The van der Waals surface area contributed by atoms with Crippen LogP contribution in [-0.2, 0) is 4.74 Å². The van der Waals surface area contributed by atoms with Crippen LogP contribution < -0.4 is 5.73 Å². The van der Waals surface area contributed by atoms with Crippen LogP contribution in [0.25, 0.3) is 0 Å². The van der Waals surface area contributed by atoms with E-state index in [0.29, 0.717) is 31.6 Å². The summed E-state index contributed by atoms with van der Waals surface area (Å²) in [4.78, 5) is 13.1. The first-order chi connectivity index (χ1) is 8.22. The van der Waals surface area contributed by atoms with Crippen molar-refractivity contribution in [2.75, 3.05) is 19.6 Å². The van der Waals surface area contributed by atoms with Crippen molar-refractivity contribution in [2.24, 2.45) is 5.73 Å². The topological polar surface area (TPSA) is 55.6 Å². The summed E-state index contributed by atoms with van der Waals surface area (Å²) in [7, 11) is 0. The molecule has 1 aliphatic heterocycles. The highest BCUT2D eigenvalue weighted by atomic mass is 19.1. The van der Waals surface area contributed by atoms with E-state index in [1.807, 2.05) is 0 Å². The Bertz CT molecular complexity index is 411. The van der Waals surface area contributed by atoms with Crippen molar-refractivity contribution in [1.82, 2.24) is 4.90 Å². The van der Waals surface area contributed by atoms with Gasteiger partial charge in [-0.25, -0.2) is 9.18 Å². The van der Waals surface area contributed by atoms with Gasteiger partial charge in [0.15, 0.2) is 0 Å². The number of carbonyl (C=O) groups excluding carboxylic acids is 1. The number of hydrogen-bond acceptors (Lipinski definition) is 3. The molecule has 1 amide bonds. The fraction of sp³-hybridized carbons (Fsp3) is 0.417. The Hall–Kier alpha value is -1.62. The maximum atomic E-state index is 13.5. The van der Waals surface area contributed by atoms with E-state index >= 15 is 0 Å². The molecule has 2 N–H and O–H groups in total. The molecule has 17 heavy (non-hydrogen) atoms. The quantitative estimate of drug-likeness (QED) is 0.871. The van der Waals surface area contributed by atoms with E-state index in [2.05, 4.69) is 0 Å². The Morgan fingerprint density at radius 1 is 1.47 bits per heavy atom. The predicted octanol–water partition coefficient (Wildman–Crippen LogP) is 1.67. The smallest absolute Gasteiger partial charge is 0.410 e. The third-order valence-electron chi connectivity index (χ3n) is 2.81. The van der Waals surface area contributed by atoms with Crippen LogP contribution in [0.5, 0.6) is 0 Å². The zero-order valence-corrected chi connectivity index (χ0v) is 9.43. The lowest BCUT2D eigenvalue weighted by atomic mass is 10.0. The zero-order valence-electron chi connectivity index (χ0n) is 9.43. The number of carbonyl (C=O) groups is 1. The van der Waals surface area contributed by atoms with Crippen LogP contribution in [0.3, 0.4) is 0 Å². The molecule has 0 spiro atoms. The molecule has 1 fully saturated rings. The summed E-state index contributed by atoms with van der Waals surface area (Å²) in [6, 6.07) is 6.37. The molecular weight excluding hydrogens is 223 g/mol. The van der Waals surface area contributed by atoms with Crippen LogP contribution in [0, 0.1) is 5.82 Å². The van der Waals surface area contributed by atoms with Crippen LogP contribution in [0.2, 0.25) is 0 Å². The number of nitrogens with two attached hydrogens (primary N) is 1. The van der Waals surface area contributed by atoms with Gasteiger partial charge in [-0.3, -0.25) is 0 Å². The van der Waals surface area contributed by atoms with E-state index < -0.39 is 12.2 Å². The molecule has 5 heteroatoms. The van der Waals surface area contributed by atoms with Crippen molar-refractivity contribution >= 4 is 6.09 Å². The molecule has 1 unspecified atom stereocenters. The fourth-order valence-corrected chi connectivity index (χ4v) is 1.93. The van der Waals surface area contributed by atoms with Gasteiger partial charge in [0.25, 0.3) is 0 Å². The number of halogens is 1. The monoisotopic (exact) mass is 238 g/mol. The summed E-state index contributed by atoms with van der Waals surface area (Å²) < 4.78 is 18.7. The number of hydrogen-bond donors (Lipinski definition) is 1. The fourth-order valence-electron chi connectivity index (χ4n) is 1.93. The lowest BCUT2D eigenvalue weighted by Crippen LogP contribution is -2.41. The van der Waals surface area contributed by atoms with Gasteiger partial charge in [0.1, 0.15) is 11.9 Å². The molecule has 1 aromatic rings. The Balaban J connectivity index is 2.07. The highest BCUT2D eigenvalue weighted by molar-refractivity contribution is 5.68. The number of cyclic esters (lactones) is 1. The lowest BCUT2D eigenvalue weighted by molar-refractivity contribution is 0.0238. The summed E-state index contributed by atoms with van der Waals surface area (Å²) in [5.74, 6) is -0.336. The van der Waals surface area contributed by atoms with E-state index in [9.17, 15) is 9.18 Å². The van der Waals surface area contributed by atoms with Crippen molar-refractivity contribution in [3.05, 3.63) is 35.6 Å². The highest BCUT2D eigenvalue weighted by Gasteiger charge is 2.28. The summed E-state index contributed by atoms with van der Waals surface area (Å²) in [6.45, 7) is 1.43. The van der Waals surface area contributed by atoms with Gasteiger partial charge in [-0.15, -0.1) is 0 Å². The Kier molecular flexibility index (Phi) is 3.58. The lowest BCUT2D eigenvalue weighted by Gasteiger charge is -2.31. The van der Waals surface area contributed by atoms with Crippen molar-refractivity contribution in [2.45, 2.75) is 12.5 Å². The molecule has 2 rings (SSSR count). The average Bonchev–Trinajstić information content (AvgIpc) is 2.33. The minimum atomic E-state index is -0.488. The molecule has 1 heterocycles. The third-order valence-corrected chi connectivity index (χ3v) is 2.81. The number of ether oxygens (including phenoxy) is 1. The van der Waals surface area contributed by atoms with E-state index in [1.165, 1.54) is 11.0 Å². The minimum Gasteiger partial charge on any atom is -0.441 e. The van der Waals surface area contributed by atoms with Crippen molar-refractivity contribution in [3.8, 4) is 0 Å². The normalized spacial score (nSPS) is 20.2. The third kappa shape index (κ3) is 2.55. The van der Waals surface area contributed by atoms with E-state index in [-0.39, 0.29) is 5.82 Å². The molecular formula is C12H15FN2O2. The van der Waals surface area contributed by atoms with Gasteiger partial charge in [0.05, 0.1) is 0 Å². The average molecular weight is 238 g/mol. The van der Waals surface area contributed by atoms with E-state index in [4.69, 9.17) is 10.5 Å². The number of amides is 1. The number of nitrogens with zero attached hydrogens (tertiary/aromatic N) is 1. The highest BCUT2D eigenvalue weighted by Crippen LogP contribution is 2.28. The summed E-state index contributed by atoms with van der Waals surface area (Å²) >= 11 is 0. The number of benzene rings is 1. The first-order valence-corrected chi connectivity index (χ1v) is 5.62. The molecule has 1 saturated heterocycles. The minimum absolute atomic E-state index is 0.336. The SMILES string of the molecule is NCCN1CCC(c2ccccc2F)OC1=O. The second-order valence-electron chi connectivity index (χ2n) is 3.96. The van der Waals surface area contributed by atoms with Crippen LogP contribution in [0.1, 0.15) is 18.1 Å². The van der Waals surface area contributed by atoms with Crippen LogP contribution in [0.15, 0.2) is 24.3 Å². The second kappa shape index (κ2) is 5.14. The molecule has 0 saturated carbocycles. The summed E-state index contributed by atoms with van der Waals surface area (Å²) in [5, 5.41) is 0. The largest absolute Gasteiger partial charge is 0.441 e. The molecule has 0 aromatic heterocycles. The van der Waals surface area contributed by atoms with E-state index in [0.717, 1.165) is 0 Å². The molecule has 92 valence electrons. The molecule has 1 atom stereocenters. The molecule has 1 aliphatic rings. The predicted molar refractivity (Wildman–Crippen MR) is 60.9 cm³/mol. The van der Waals surface area contributed by atoms with Crippen LogP contribution >= 0.6 is 0 Å². The Labute approximate surface area is 99.2 Å². The van der Waals surface area contributed by atoms with E-state index in [1.54, 1.807) is 18.2 Å². The van der Waals surface area contributed by atoms with Gasteiger partial charge in [-0.05, 0) is 6.07 Å². The van der Waals surface area contributed by atoms with Gasteiger partial charge in [-0.2, -0.15) is 0 Å². The summed E-state index contributed by atoms with van der Waals surface area (Å²) in [6.07, 6.45) is -0.320. The second-order valence-corrected chi connectivity index (χ2v) is 3.96. The summed E-state index contributed by atoms with van der Waals surface area (Å²) in [5.41, 5.74) is 5.82. The maximum Gasteiger partial charge on any atom is 0.410 e. The van der Waals surface area contributed by atoms with Gasteiger partial charge in [0.2, 0.25) is 0 Å². The Morgan fingerprint density at radius 2 is 2.24 bits per heavy atom. The maximum absolute atomic E-state index is 13.5. The zero-order chi connectivity index (χ0) is 12.3. The first-order valence-electron chi connectivity index (χ1n) is 5.62.